The van der Waals surface area contributed by atoms with Gasteiger partial charge in [0.1, 0.15) is 0 Å². The van der Waals surface area contributed by atoms with Crippen molar-refractivity contribution in [2.24, 2.45) is 14.1 Å². The van der Waals surface area contributed by atoms with Crippen molar-refractivity contribution >= 4 is 11.0 Å². The van der Waals surface area contributed by atoms with E-state index in [2.05, 4.69) is 0 Å². The molecule has 0 bridgehead atoms. The van der Waals surface area contributed by atoms with Crippen LogP contribution in [-0.2, 0) is 14.1 Å². The Morgan fingerprint density at radius 3 is 2.50 bits per heavy atom. The number of benzene rings is 1. The van der Waals surface area contributed by atoms with Crippen LogP contribution in [0.2, 0.25) is 0 Å². The van der Waals surface area contributed by atoms with Crippen molar-refractivity contribution in [2.45, 2.75) is 12.8 Å². The van der Waals surface area contributed by atoms with E-state index in [-0.39, 0.29) is 18.2 Å². The number of imidazole rings is 1. The van der Waals surface area contributed by atoms with Crippen LogP contribution in [0.5, 0.6) is 0 Å². The van der Waals surface area contributed by atoms with E-state index in [1.54, 1.807) is 23.2 Å². The molecule has 1 atom stereocenters. The van der Waals surface area contributed by atoms with Crippen LogP contribution in [0.25, 0.3) is 11.0 Å². The number of nitrogens with zero attached hydrogens (tertiary/aromatic N) is 2. The molecule has 0 saturated heterocycles. The van der Waals surface area contributed by atoms with Crippen molar-refractivity contribution in [3.8, 4) is 0 Å². The molecule has 0 radical (unpaired) electrons. The Balaban J connectivity index is 2.71. The molecule has 1 N–H and O–H groups in total. The second kappa shape index (κ2) is 3.79. The summed E-state index contributed by atoms with van der Waals surface area (Å²) in [6.45, 7) is 2.08. The SMILES string of the molecule is CC(CO)c1ccc2c(c1)n(C)c(=O)n2C. The predicted molar refractivity (Wildman–Crippen MR) is 63.7 cm³/mol. The van der Waals surface area contributed by atoms with E-state index >= 15 is 0 Å². The van der Waals surface area contributed by atoms with Crippen molar-refractivity contribution in [1.29, 1.82) is 0 Å². The molecule has 0 spiro atoms. The average Bonchev–Trinajstić information content (AvgIpc) is 2.53. The molecule has 16 heavy (non-hydrogen) atoms. The third-order valence-corrected chi connectivity index (χ3v) is 3.14. The molecule has 0 aliphatic rings. The third kappa shape index (κ3) is 1.46. The lowest BCUT2D eigenvalue weighted by Gasteiger charge is -2.08. The highest BCUT2D eigenvalue weighted by Gasteiger charge is 2.10. The number of hydrogen-bond acceptors (Lipinski definition) is 2. The van der Waals surface area contributed by atoms with Gasteiger partial charge in [-0.1, -0.05) is 13.0 Å². The maximum absolute atomic E-state index is 11.7. The minimum absolute atomic E-state index is 0.0243. The van der Waals surface area contributed by atoms with E-state index in [4.69, 9.17) is 5.11 Å². The minimum Gasteiger partial charge on any atom is -0.396 e. The Kier molecular flexibility index (Phi) is 2.59. The highest BCUT2D eigenvalue weighted by atomic mass is 16.3. The normalized spacial score (nSPS) is 13.2. The number of rotatable bonds is 2. The van der Waals surface area contributed by atoms with Gasteiger partial charge in [0.15, 0.2) is 0 Å². The quantitative estimate of drug-likeness (QED) is 0.820. The maximum atomic E-state index is 11.7. The lowest BCUT2D eigenvalue weighted by atomic mass is 10.0. The molecule has 0 aliphatic carbocycles. The van der Waals surface area contributed by atoms with Crippen LogP contribution in [0, 0.1) is 0 Å². The first-order chi connectivity index (χ1) is 7.56. The fraction of sp³-hybridized carbons (Fsp3) is 0.417. The van der Waals surface area contributed by atoms with E-state index in [1.165, 1.54) is 0 Å². The van der Waals surface area contributed by atoms with Gasteiger partial charge in [-0.05, 0) is 17.7 Å². The number of fused-ring (bicyclic) bond motifs is 1. The number of aromatic nitrogens is 2. The third-order valence-electron chi connectivity index (χ3n) is 3.14. The monoisotopic (exact) mass is 220 g/mol. The zero-order chi connectivity index (χ0) is 11.9. The summed E-state index contributed by atoms with van der Waals surface area (Å²) in [6.07, 6.45) is 0. The van der Waals surface area contributed by atoms with Crippen LogP contribution in [0.1, 0.15) is 18.4 Å². The van der Waals surface area contributed by atoms with Gasteiger partial charge in [-0.25, -0.2) is 4.79 Å². The Hall–Kier alpha value is -1.55. The van der Waals surface area contributed by atoms with Crippen LogP contribution in [0.4, 0.5) is 0 Å². The van der Waals surface area contributed by atoms with Crippen LogP contribution in [0.3, 0.4) is 0 Å². The van der Waals surface area contributed by atoms with Crippen molar-refractivity contribution in [2.75, 3.05) is 6.61 Å². The fourth-order valence-corrected chi connectivity index (χ4v) is 1.94. The van der Waals surface area contributed by atoms with E-state index in [1.807, 2.05) is 25.1 Å². The predicted octanol–water partition coefficient (Wildman–Crippen LogP) is 0.973. The summed E-state index contributed by atoms with van der Waals surface area (Å²) in [7, 11) is 3.53. The molecular formula is C12H16N2O2. The van der Waals surface area contributed by atoms with E-state index in [0.717, 1.165) is 16.6 Å². The van der Waals surface area contributed by atoms with Gasteiger partial charge in [0.2, 0.25) is 0 Å². The molecule has 2 rings (SSSR count). The highest BCUT2D eigenvalue weighted by molar-refractivity contribution is 5.77. The van der Waals surface area contributed by atoms with Gasteiger partial charge in [0.25, 0.3) is 0 Å². The smallest absolute Gasteiger partial charge is 0.328 e. The van der Waals surface area contributed by atoms with Gasteiger partial charge in [0, 0.05) is 26.6 Å². The molecule has 0 amide bonds. The first kappa shape index (κ1) is 11.0. The van der Waals surface area contributed by atoms with Gasteiger partial charge >= 0.3 is 5.69 Å². The van der Waals surface area contributed by atoms with E-state index < -0.39 is 0 Å². The summed E-state index contributed by atoms with van der Waals surface area (Å²) in [5.74, 6) is 0.0970. The fourth-order valence-electron chi connectivity index (χ4n) is 1.94. The molecule has 2 aromatic rings. The Morgan fingerprint density at radius 2 is 1.88 bits per heavy atom. The van der Waals surface area contributed by atoms with Crippen LogP contribution < -0.4 is 5.69 Å². The lowest BCUT2D eigenvalue weighted by molar-refractivity contribution is 0.273. The molecule has 4 nitrogen and oxygen atoms in total. The number of aliphatic hydroxyl groups excluding tert-OH is 1. The zero-order valence-electron chi connectivity index (χ0n) is 9.77. The van der Waals surface area contributed by atoms with Crippen LogP contribution in [-0.4, -0.2) is 20.8 Å². The standard InChI is InChI=1S/C12H16N2O2/c1-8(7-15)9-4-5-10-11(6-9)14(3)12(16)13(10)2/h4-6,8,15H,7H2,1-3H3. The number of aryl methyl sites for hydroxylation is 2. The highest BCUT2D eigenvalue weighted by Crippen LogP contribution is 2.20. The molecule has 4 heteroatoms. The summed E-state index contributed by atoms with van der Waals surface area (Å²) in [6, 6.07) is 5.86. The van der Waals surface area contributed by atoms with Crippen LogP contribution in [0.15, 0.2) is 23.0 Å². The van der Waals surface area contributed by atoms with Gasteiger partial charge in [-0.2, -0.15) is 0 Å². The van der Waals surface area contributed by atoms with Gasteiger partial charge in [-0.3, -0.25) is 9.13 Å². The van der Waals surface area contributed by atoms with Gasteiger partial charge in [-0.15, -0.1) is 0 Å². The maximum Gasteiger partial charge on any atom is 0.328 e. The molecular weight excluding hydrogens is 204 g/mol. The average molecular weight is 220 g/mol. The van der Waals surface area contributed by atoms with Crippen molar-refractivity contribution in [1.82, 2.24) is 9.13 Å². The van der Waals surface area contributed by atoms with Gasteiger partial charge in [0.05, 0.1) is 11.0 Å². The largest absolute Gasteiger partial charge is 0.396 e. The summed E-state index contributed by atoms with van der Waals surface area (Å²) in [4.78, 5) is 11.7. The topological polar surface area (TPSA) is 47.2 Å². The number of hydrogen-bond donors (Lipinski definition) is 1. The molecule has 1 unspecified atom stereocenters. The first-order valence-electron chi connectivity index (χ1n) is 5.32. The summed E-state index contributed by atoms with van der Waals surface area (Å²) in [5, 5.41) is 9.12. The Bertz CT molecular complexity index is 580. The van der Waals surface area contributed by atoms with Crippen LogP contribution >= 0.6 is 0 Å². The summed E-state index contributed by atoms with van der Waals surface area (Å²) >= 11 is 0. The molecule has 0 fully saturated rings. The summed E-state index contributed by atoms with van der Waals surface area (Å²) < 4.78 is 3.26. The molecule has 0 aliphatic heterocycles. The molecule has 1 aromatic heterocycles. The van der Waals surface area contributed by atoms with Crippen molar-refractivity contribution in [3.05, 3.63) is 34.2 Å². The first-order valence-corrected chi connectivity index (χ1v) is 5.32. The molecule has 86 valence electrons. The Labute approximate surface area is 93.7 Å². The second-order valence-corrected chi connectivity index (χ2v) is 4.23. The van der Waals surface area contributed by atoms with E-state index in [9.17, 15) is 4.79 Å². The number of aliphatic hydroxyl groups is 1. The zero-order valence-corrected chi connectivity index (χ0v) is 9.77. The Morgan fingerprint density at radius 1 is 1.25 bits per heavy atom. The lowest BCUT2D eigenvalue weighted by Crippen LogP contribution is -2.19. The molecule has 0 saturated carbocycles. The van der Waals surface area contributed by atoms with E-state index in [0.29, 0.717) is 0 Å². The van der Waals surface area contributed by atoms with Gasteiger partial charge < -0.3 is 5.11 Å². The van der Waals surface area contributed by atoms with Crippen molar-refractivity contribution < 1.29 is 5.11 Å². The second-order valence-electron chi connectivity index (χ2n) is 4.23. The van der Waals surface area contributed by atoms with Crippen molar-refractivity contribution in [3.63, 3.8) is 0 Å². The summed E-state index contributed by atoms with van der Waals surface area (Å²) in [5.41, 5.74) is 2.85. The molecule has 1 aromatic carbocycles. The minimum atomic E-state index is -0.0243. The molecule has 1 heterocycles.